The summed E-state index contributed by atoms with van der Waals surface area (Å²) >= 11 is 0. The van der Waals surface area contributed by atoms with Crippen molar-refractivity contribution in [3.05, 3.63) is 48.6 Å². The molecule has 0 saturated carbocycles. The van der Waals surface area contributed by atoms with E-state index >= 15 is 0 Å². The fourth-order valence-corrected chi connectivity index (χ4v) is 9.62. The standard InChI is InChI=1S/C68H124O6/c1-4-7-10-13-16-19-22-25-28-30-31-32-33-34-35-36-37-38-41-43-46-49-52-55-58-61-67(70)73-64-65(63-72-66(69)60-57-54-51-48-45-42-39-27-24-21-18-15-12-9-6-3)74-68(71)62-59-56-53-50-47-44-40-29-26-23-20-17-14-11-8-5-2/h20,22-23,25,29-31,40,65H,4-19,21,24,26-28,32-39,41-64H2,1-3H3/b23-20-,25-22-,31-30-,40-29-. The van der Waals surface area contributed by atoms with Crippen LogP contribution in [-0.2, 0) is 28.6 Å². The van der Waals surface area contributed by atoms with Crippen molar-refractivity contribution in [3.63, 3.8) is 0 Å². The maximum absolute atomic E-state index is 12.9. The Hall–Kier alpha value is -2.63. The number of hydrogen-bond donors (Lipinski definition) is 0. The van der Waals surface area contributed by atoms with E-state index in [-0.39, 0.29) is 31.1 Å². The number of rotatable bonds is 60. The first kappa shape index (κ1) is 71.4. The molecule has 0 amide bonds. The van der Waals surface area contributed by atoms with E-state index < -0.39 is 6.10 Å². The van der Waals surface area contributed by atoms with Gasteiger partial charge in [0.05, 0.1) is 0 Å². The van der Waals surface area contributed by atoms with Crippen LogP contribution < -0.4 is 0 Å². The van der Waals surface area contributed by atoms with E-state index in [0.29, 0.717) is 19.3 Å². The molecule has 0 radical (unpaired) electrons. The Morgan fingerprint density at radius 1 is 0.270 bits per heavy atom. The predicted molar refractivity (Wildman–Crippen MR) is 321 cm³/mol. The van der Waals surface area contributed by atoms with E-state index in [1.165, 1.54) is 218 Å². The van der Waals surface area contributed by atoms with Crippen LogP contribution in [0.15, 0.2) is 48.6 Å². The van der Waals surface area contributed by atoms with Crippen LogP contribution in [0.4, 0.5) is 0 Å². The van der Waals surface area contributed by atoms with Gasteiger partial charge < -0.3 is 14.2 Å². The van der Waals surface area contributed by atoms with Crippen LogP contribution >= 0.6 is 0 Å². The molecule has 0 aromatic rings. The molecule has 432 valence electrons. The Morgan fingerprint density at radius 3 is 0.757 bits per heavy atom. The fourth-order valence-electron chi connectivity index (χ4n) is 9.62. The van der Waals surface area contributed by atoms with Crippen molar-refractivity contribution in [1.82, 2.24) is 0 Å². The number of allylic oxidation sites excluding steroid dienone is 8. The molecule has 0 spiro atoms. The second-order valence-electron chi connectivity index (χ2n) is 22.0. The predicted octanol–water partition coefficient (Wildman–Crippen LogP) is 22.2. The Balaban J connectivity index is 4.28. The van der Waals surface area contributed by atoms with Crippen molar-refractivity contribution >= 4 is 17.9 Å². The van der Waals surface area contributed by atoms with E-state index in [1.54, 1.807) is 0 Å². The number of esters is 3. The summed E-state index contributed by atoms with van der Waals surface area (Å²) in [5.41, 5.74) is 0. The third kappa shape index (κ3) is 60.2. The second kappa shape index (κ2) is 62.9. The topological polar surface area (TPSA) is 78.9 Å². The van der Waals surface area contributed by atoms with Crippen LogP contribution in [-0.4, -0.2) is 37.2 Å². The van der Waals surface area contributed by atoms with Crippen LogP contribution in [0.1, 0.15) is 348 Å². The van der Waals surface area contributed by atoms with Crippen LogP contribution in [0, 0.1) is 0 Å². The molecule has 0 fully saturated rings. The van der Waals surface area contributed by atoms with E-state index in [1.807, 2.05) is 0 Å². The summed E-state index contributed by atoms with van der Waals surface area (Å²) in [6.45, 7) is 6.65. The normalized spacial score (nSPS) is 12.3. The Morgan fingerprint density at radius 2 is 0.486 bits per heavy atom. The molecule has 74 heavy (non-hydrogen) atoms. The van der Waals surface area contributed by atoms with Crippen LogP contribution in [0.3, 0.4) is 0 Å². The highest BCUT2D eigenvalue weighted by Crippen LogP contribution is 2.17. The first-order chi connectivity index (χ1) is 36.5. The Bertz CT molecular complexity index is 1280. The van der Waals surface area contributed by atoms with Crippen molar-refractivity contribution < 1.29 is 28.6 Å². The quantitative estimate of drug-likeness (QED) is 0.0261. The minimum absolute atomic E-state index is 0.0749. The maximum Gasteiger partial charge on any atom is 0.306 e. The number of carbonyl (C=O) groups is 3. The molecule has 0 aliphatic heterocycles. The molecule has 0 rings (SSSR count). The third-order valence-corrected chi connectivity index (χ3v) is 14.6. The lowest BCUT2D eigenvalue weighted by atomic mass is 10.0. The highest BCUT2D eigenvalue weighted by atomic mass is 16.6. The van der Waals surface area contributed by atoms with E-state index in [0.717, 1.165) is 89.9 Å². The average Bonchev–Trinajstić information content (AvgIpc) is 3.40. The number of unbranched alkanes of at least 4 members (excludes halogenated alkanes) is 41. The average molecular weight is 1040 g/mol. The van der Waals surface area contributed by atoms with Crippen LogP contribution in [0.2, 0.25) is 0 Å². The first-order valence-corrected chi connectivity index (χ1v) is 32.6. The van der Waals surface area contributed by atoms with Gasteiger partial charge in [0.1, 0.15) is 13.2 Å². The molecule has 1 atom stereocenters. The zero-order valence-corrected chi connectivity index (χ0v) is 49.6. The van der Waals surface area contributed by atoms with Gasteiger partial charge in [0, 0.05) is 19.3 Å². The molecule has 0 aromatic carbocycles. The van der Waals surface area contributed by atoms with Crippen molar-refractivity contribution in [2.24, 2.45) is 0 Å². The highest BCUT2D eigenvalue weighted by Gasteiger charge is 2.19. The van der Waals surface area contributed by atoms with Gasteiger partial charge in [-0.1, -0.05) is 294 Å². The second-order valence-corrected chi connectivity index (χ2v) is 22.0. The van der Waals surface area contributed by atoms with Gasteiger partial charge in [-0.15, -0.1) is 0 Å². The molecular weight excluding hydrogens is 913 g/mol. The van der Waals surface area contributed by atoms with E-state index in [9.17, 15) is 14.4 Å². The molecule has 1 unspecified atom stereocenters. The SMILES string of the molecule is CCCCCC/C=C\C/C=C\CCCCCCCC(=O)OC(COC(=O)CCCCCCCCCCCCCCC/C=C\C/C=C\CCCCCCC)COC(=O)CCCCCCCCCCCCCCCCC. The van der Waals surface area contributed by atoms with Crippen molar-refractivity contribution in [3.8, 4) is 0 Å². The van der Waals surface area contributed by atoms with Gasteiger partial charge >= 0.3 is 17.9 Å². The molecule has 0 heterocycles. The van der Waals surface area contributed by atoms with Gasteiger partial charge in [0.2, 0.25) is 0 Å². The van der Waals surface area contributed by atoms with Gasteiger partial charge in [0.25, 0.3) is 0 Å². The maximum atomic E-state index is 12.9. The Labute approximate surface area is 460 Å². The van der Waals surface area contributed by atoms with Crippen molar-refractivity contribution in [1.29, 1.82) is 0 Å². The molecular formula is C68H124O6. The zero-order chi connectivity index (χ0) is 53.6. The van der Waals surface area contributed by atoms with Gasteiger partial charge in [-0.3, -0.25) is 14.4 Å². The number of hydrogen-bond acceptors (Lipinski definition) is 6. The fraction of sp³-hybridized carbons (Fsp3) is 0.838. The minimum atomic E-state index is -0.779. The minimum Gasteiger partial charge on any atom is -0.462 e. The van der Waals surface area contributed by atoms with Gasteiger partial charge in [-0.05, 0) is 83.5 Å². The summed E-state index contributed by atoms with van der Waals surface area (Å²) in [4.78, 5) is 38.3. The van der Waals surface area contributed by atoms with Gasteiger partial charge in [-0.25, -0.2) is 0 Å². The van der Waals surface area contributed by atoms with Crippen molar-refractivity contribution in [2.75, 3.05) is 13.2 Å². The van der Waals surface area contributed by atoms with E-state index in [4.69, 9.17) is 14.2 Å². The lowest BCUT2D eigenvalue weighted by Gasteiger charge is -2.18. The number of carbonyl (C=O) groups excluding carboxylic acids is 3. The van der Waals surface area contributed by atoms with Crippen molar-refractivity contribution in [2.45, 2.75) is 354 Å². The summed E-state index contributed by atoms with van der Waals surface area (Å²) in [7, 11) is 0. The zero-order valence-electron chi connectivity index (χ0n) is 49.6. The summed E-state index contributed by atoms with van der Waals surface area (Å²) in [5, 5.41) is 0. The molecule has 6 heteroatoms. The first-order valence-electron chi connectivity index (χ1n) is 32.6. The summed E-state index contributed by atoms with van der Waals surface area (Å²) in [6.07, 6.45) is 78.3. The molecule has 0 bridgehead atoms. The Kier molecular flexibility index (Phi) is 60.7. The molecule has 0 N–H and O–H groups in total. The largest absolute Gasteiger partial charge is 0.462 e. The summed E-state index contributed by atoms with van der Waals surface area (Å²) in [6, 6.07) is 0. The highest BCUT2D eigenvalue weighted by molar-refractivity contribution is 5.71. The molecule has 0 aliphatic carbocycles. The van der Waals surface area contributed by atoms with Gasteiger partial charge in [-0.2, -0.15) is 0 Å². The smallest absolute Gasteiger partial charge is 0.306 e. The molecule has 0 aromatic heterocycles. The summed E-state index contributed by atoms with van der Waals surface area (Å²) < 4.78 is 16.9. The monoisotopic (exact) mass is 1040 g/mol. The van der Waals surface area contributed by atoms with Crippen LogP contribution in [0.25, 0.3) is 0 Å². The third-order valence-electron chi connectivity index (χ3n) is 14.6. The molecule has 0 saturated heterocycles. The lowest BCUT2D eigenvalue weighted by Crippen LogP contribution is -2.30. The molecule has 6 nitrogen and oxygen atoms in total. The van der Waals surface area contributed by atoms with Gasteiger partial charge in [0.15, 0.2) is 6.10 Å². The number of ether oxygens (including phenoxy) is 3. The van der Waals surface area contributed by atoms with Crippen LogP contribution in [0.5, 0.6) is 0 Å². The summed E-state index contributed by atoms with van der Waals surface area (Å²) in [5.74, 6) is -0.868. The molecule has 0 aliphatic rings. The van der Waals surface area contributed by atoms with E-state index in [2.05, 4.69) is 69.4 Å². The lowest BCUT2D eigenvalue weighted by molar-refractivity contribution is -0.167.